The molecule has 6 nitrogen and oxygen atoms in total. The normalized spacial score (nSPS) is 17.8. The van der Waals surface area contributed by atoms with E-state index in [1.165, 1.54) is 28.3 Å². The Bertz CT molecular complexity index is 1420. The maximum atomic E-state index is 13.7. The van der Waals surface area contributed by atoms with Crippen LogP contribution in [0.5, 0.6) is 5.75 Å². The quantitative estimate of drug-likeness (QED) is 0.474. The minimum absolute atomic E-state index is 0.0981. The van der Waals surface area contributed by atoms with Crippen LogP contribution in [0.2, 0.25) is 0 Å². The van der Waals surface area contributed by atoms with Crippen molar-refractivity contribution in [2.75, 3.05) is 10.8 Å². The average Bonchev–Trinajstić information content (AvgIpc) is 2.91. The van der Waals surface area contributed by atoms with E-state index in [0.29, 0.717) is 11.4 Å². The standard InChI is InChI=1S/C30H34N2O4S/c1-4-26(24-13-12-22-7-5-6-8-23(22)18-24)31-30(33)29-19-32(27-17-21(3)11-16-28(27)36-29)37(34,35)25-14-9-20(2)10-15-25/h9-18,26,29H,4-8,19H2,1-3H3,(H,31,33)/t26-,29-/m0/s1. The van der Waals surface area contributed by atoms with E-state index in [1.54, 1.807) is 36.4 Å². The van der Waals surface area contributed by atoms with Gasteiger partial charge < -0.3 is 10.1 Å². The Balaban J connectivity index is 1.42. The Morgan fingerprint density at radius 2 is 1.68 bits per heavy atom. The van der Waals surface area contributed by atoms with Crippen LogP contribution in [0, 0.1) is 13.8 Å². The number of carbonyl (C=O) groups is 1. The molecule has 0 saturated heterocycles. The van der Waals surface area contributed by atoms with E-state index in [2.05, 4.69) is 23.5 Å². The molecule has 0 saturated carbocycles. The summed E-state index contributed by atoms with van der Waals surface area (Å²) < 4.78 is 34.8. The first-order chi connectivity index (χ1) is 17.8. The van der Waals surface area contributed by atoms with Crippen molar-refractivity contribution in [1.29, 1.82) is 0 Å². The fourth-order valence-corrected chi connectivity index (χ4v) is 6.69. The number of sulfonamides is 1. The van der Waals surface area contributed by atoms with Crippen molar-refractivity contribution < 1.29 is 17.9 Å². The van der Waals surface area contributed by atoms with E-state index in [9.17, 15) is 13.2 Å². The summed E-state index contributed by atoms with van der Waals surface area (Å²) in [6.45, 7) is 5.76. The van der Waals surface area contributed by atoms with Gasteiger partial charge in [-0.25, -0.2) is 8.42 Å². The van der Waals surface area contributed by atoms with E-state index in [-0.39, 0.29) is 23.4 Å². The fourth-order valence-electron chi connectivity index (χ4n) is 5.22. The van der Waals surface area contributed by atoms with Gasteiger partial charge >= 0.3 is 0 Å². The number of nitrogens with one attached hydrogen (secondary N) is 1. The first kappa shape index (κ1) is 25.3. The number of hydrogen-bond acceptors (Lipinski definition) is 4. The molecule has 1 aliphatic heterocycles. The number of hydrogen-bond donors (Lipinski definition) is 1. The highest BCUT2D eigenvalue weighted by molar-refractivity contribution is 7.92. The molecule has 5 rings (SSSR count). The Morgan fingerprint density at radius 3 is 2.41 bits per heavy atom. The van der Waals surface area contributed by atoms with Crippen molar-refractivity contribution in [3.8, 4) is 5.75 Å². The summed E-state index contributed by atoms with van der Waals surface area (Å²) in [7, 11) is -3.90. The Hall–Kier alpha value is -3.32. The molecular formula is C30H34N2O4S. The van der Waals surface area contributed by atoms with Gasteiger partial charge in [0, 0.05) is 0 Å². The molecule has 0 radical (unpaired) electrons. The van der Waals surface area contributed by atoms with Crippen LogP contribution in [-0.2, 0) is 27.7 Å². The number of benzene rings is 3. The smallest absolute Gasteiger partial charge is 0.264 e. The topological polar surface area (TPSA) is 75.7 Å². The van der Waals surface area contributed by atoms with Gasteiger partial charge in [0.1, 0.15) is 5.75 Å². The summed E-state index contributed by atoms with van der Waals surface area (Å²) >= 11 is 0. The molecule has 1 N–H and O–H groups in total. The molecule has 3 aromatic rings. The lowest BCUT2D eigenvalue weighted by Crippen LogP contribution is -2.51. The SMILES string of the molecule is CC[C@H](NC(=O)[C@@H]1CN(S(=O)(=O)c2ccc(C)cc2)c2cc(C)ccc2O1)c1ccc2c(c1)CCCC2. The second kappa shape index (κ2) is 10.2. The van der Waals surface area contributed by atoms with E-state index in [0.717, 1.165) is 36.0 Å². The number of anilines is 1. The van der Waals surface area contributed by atoms with Gasteiger partial charge in [-0.1, -0.05) is 48.9 Å². The lowest BCUT2D eigenvalue weighted by Gasteiger charge is -2.35. The van der Waals surface area contributed by atoms with Crippen LogP contribution >= 0.6 is 0 Å². The summed E-state index contributed by atoms with van der Waals surface area (Å²) in [5, 5.41) is 3.14. The molecule has 0 spiro atoms. The molecule has 2 aliphatic rings. The van der Waals surface area contributed by atoms with Gasteiger partial charge in [-0.05, 0) is 92.5 Å². The van der Waals surface area contributed by atoms with E-state index < -0.39 is 16.1 Å². The Morgan fingerprint density at radius 1 is 0.973 bits per heavy atom. The summed E-state index contributed by atoms with van der Waals surface area (Å²) in [5.74, 6) is 0.0643. The van der Waals surface area contributed by atoms with Gasteiger partial charge in [0.15, 0.2) is 6.10 Å². The van der Waals surface area contributed by atoms with Crippen molar-refractivity contribution in [1.82, 2.24) is 5.32 Å². The third-order valence-corrected chi connectivity index (χ3v) is 9.18. The molecule has 0 unspecified atom stereocenters. The third-order valence-electron chi connectivity index (χ3n) is 7.39. The molecule has 2 atom stereocenters. The van der Waals surface area contributed by atoms with E-state index in [1.807, 2.05) is 26.8 Å². The predicted octanol–water partition coefficient (Wildman–Crippen LogP) is 5.41. The van der Waals surface area contributed by atoms with Crippen molar-refractivity contribution in [3.63, 3.8) is 0 Å². The molecule has 7 heteroatoms. The van der Waals surface area contributed by atoms with Gasteiger partial charge in [0.2, 0.25) is 0 Å². The molecule has 0 fully saturated rings. The number of ether oxygens (including phenoxy) is 1. The maximum Gasteiger partial charge on any atom is 0.264 e. The van der Waals surface area contributed by atoms with Crippen LogP contribution < -0.4 is 14.4 Å². The largest absolute Gasteiger partial charge is 0.476 e. The number of carbonyl (C=O) groups excluding carboxylic acids is 1. The Kier molecular flexibility index (Phi) is 6.99. The zero-order valence-corrected chi connectivity index (χ0v) is 22.5. The van der Waals surface area contributed by atoms with Gasteiger partial charge in [-0.2, -0.15) is 0 Å². The van der Waals surface area contributed by atoms with Crippen LogP contribution in [0.25, 0.3) is 0 Å². The van der Waals surface area contributed by atoms with Crippen LogP contribution in [0.1, 0.15) is 60.0 Å². The zero-order chi connectivity index (χ0) is 26.2. The summed E-state index contributed by atoms with van der Waals surface area (Å²) in [5.41, 5.74) is 6.18. The van der Waals surface area contributed by atoms with E-state index >= 15 is 0 Å². The first-order valence-electron chi connectivity index (χ1n) is 13.0. The second-order valence-electron chi connectivity index (χ2n) is 10.1. The van der Waals surface area contributed by atoms with Crippen molar-refractivity contribution in [2.24, 2.45) is 0 Å². The molecule has 194 valence electrons. The van der Waals surface area contributed by atoms with Crippen molar-refractivity contribution >= 4 is 21.6 Å². The monoisotopic (exact) mass is 518 g/mol. The number of rotatable bonds is 6. The number of amides is 1. The average molecular weight is 519 g/mol. The number of nitrogens with zero attached hydrogens (tertiary/aromatic N) is 1. The van der Waals surface area contributed by atoms with Gasteiger partial charge in [-0.15, -0.1) is 0 Å². The first-order valence-corrected chi connectivity index (χ1v) is 14.5. The summed E-state index contributed by atoms with van der Waals surface area (Å²) in [6, 6.07) is 18.5. The predicted molar refractivity (Wildman–Crippen MR) is 146 cm³/mol. The molecule has 37 heavy (non-hydrogen) atoms. The minimum atomic E-state index is -3.90. The van der Waals surface area contributed by atoms with Crippen molar-refractivity contribution in [2.45, 2.75) is 69.9 Å². The summed E-state index contributed by atoms with van der Waals surface area (Å²) in [6.07, 6.45) is 4.35. The highest BCUT2D eigenvalue weighted by Crippen LogP contribution is 2.38. The molecule has 1 amide bonds. The Labute approximate surface area is 219 Å². The van der Waals surface area contributed by atoms with Gasteiger partial charge in [0.05, 0.1) is 23.2 Å². The lowest BCUT2D eigenvalue weighted by molar-refractivity contribution is -0.128. The second-order valence-corrected chi connectivity index (χ2v) is 12.0. The lowest BCUT2D eigenvalue weighted by atomic mass is 9.88. The highest BCUT2D eigenvalue weighted by atomic mass is 32.2. The zero-order valence-electron chi connectivity index (χ0n) is 21.7. The molecule has 1 heterocycles. The fraction of sp³-hybridized carbons (Fsp3) is 0.367. The van der Waals surface area contributed by atoms with Gasteiger partial charge in [-0.3, -0.25) is 9.10 Å². The molecule has 0 aromatic heterocycles. The van der Waals surface area contributed by atoms with E-state index in [4.69, 9.17) is 4.74 Å². The minimum Gasteiger partial charge on any atom is -0.476 e. The van der Waals surface area contributed by atoms with Gasteiger partial charge in [0.25, 0.3) is 15.9 Å². The molecule has 3 aromatic carbocycles. The molecular weight excluding hydrogens is 484 g/mol. The highest BCUT2D eigenvalue weighted by Gasteiger charge is 2.38. The van der Waals surface area contributed by atoms with Crippen molar-refractivity contribution in [3.05, 3.63) is 88.5 Å². The maximum absolute atomic E-state index is 13.7. The number of fused-ring (bicyclic) bond motifs is 2. The summed E-state index contributed by atoms with van der Waals surface area (Å²) in [4.78, 5) is 13.7. The van der Waals surface area contributed by atoms with Crippen LogP contribution in [0.15, 0.2) is 65.6 Å². The molecule has 1 aliphatic carbocycles. The van der Waals surface area contributed by atoms with Crippen LogP contribution in [0.3, 0.4) is 0 Å². The molecule has 0 bridgehead atoms. The van der Waals surface area contributed by atoms with Crippen LogP contribution in [0.4, 0.5) is 5.69 Å². The van der Waals surface area contributed by atoms with Crippen LogP contribution in [-0.4, -0.2) is 27.0 Å². The third kappa shape index (κ3) is 5.10. The number of aryl methyl sites for hydroxylation is 4.